The molecule has 0 aliphatic carbocycles. The lowest BCUT2D eigenvalue weighted by Crippen LogP contribution is -2.19. The maximum Gasteiger partial charge on any atom is 0.255 e. The third-order valence-corrected chi connectivity index (χ3v) is 2.59. The van der Waals surface area contributed by atoms with E-state index in [1.807, 2.05) is 30.3 Å². The lowest BCUT2D eigenvalue weighted by atomic mass is 10.3. The summed E-state index contributed by atoms with van der Waals surface area (Å²) >= 11 is 5.41. The molecule has 0 fully saturated rings. The van der Waals surface area contributed by atoms with Crippen molar-refractivity contribution in [1.82, 2.24) is 4.57 Å². The molecule has 0 aliphatic rings. The number of carbonyl (C=O) groups is 1. The highest BCUT2D eigenvalue weighted by molar-refractivity contribution is 6.29. The van der Waals surface area contributed by atoms with Gasteiger partial charge >= 0.3 is 0 Å². The standard InChI is InChI=1S/C13H11ClN2O2/c14-8-12(17)15-10-6-7-13(18)16(9-10)11-4-2-1-3-5-11/h1-7,9H,8H2,(H,15,17). The van der Waals surface area contributed by atoms with Crippen LogP contribution in [-0.2, 0) is 4.79 Å². The Morgan fingerprint density at radius 1 is 1.17 bits per heavy atom. The number of carbonyl (C=O) groups excluding carboxylic acids is 1. The monoisotopic (exact) mass is 262 g/mol. The summed E-state index contributed by atoms with van der Waals surface area (Å²) in [5, 5.41) is 2.60. The maximum absolute atomic E-state index is 11.8. The van der Waals surface area contributed by atoms with Crippen molar-refractivity contribution < 1.29 is 4.79 Å². The first kappa shape index (κ1) is 12.4. The number of nitrogens with zero attached hydrogens (tertiary/aromatic N) is 1. The van der Waals surface area contributed by atoms with E-state index in [4.69, 9.17) is 11.6 Å². The van der Waals surface area contributed by atoms with Crippen LogP contribution in [0.2, 0.25) is 0 Å². The second-order valence-electron chi connectivity index (χ2n) is 3.64. The van der Waals surface area contributed by atoms with Gasteiger partial charge in [0.05, 0.1) is 5.69 Å². The summed E-state index contributed by atoms with van der Waals surface area (Å²) in [5.41, 5.74) is 1.11. The van der Waals surface area contributed by atoms with Gasteiger partial charge in [-0.1, -0.05) is 18.2 Å². The first-order valence-corrected chi connectivity index (χ1v) is 5.88. The predicted molar refractivity (Wildman–Crippen MR) is 71.4 cm³/mol. The van der Waals surface area contributed by atoms with Crippen molar-refractivity contribution >= 4 is 23.2 Å². The lowest BCUT2D eigenvalue weighted by Gasteiger charge is -2.08. The van der Waals surface area contributed by atoms with Crippen LogP contribution in [0, 0.1) is 0 Å². The fourth-order valence-corrected chi connectivity index (χ4v) is 1.61. The number of para-hydroxylation sites is 1. The average molecular weight is 263 g/mol. The van der Waals surface area contributed by atoms with Crippen molar-refractivity contribution in [3.63, 3.8) is 0 Å². The van der Waals surface area contributed by atoms with Crippen molar-refractivity contribution in [1.29, 1.82) is 0 Å². The van der Waals surface area contributed by atoms with Gasteiger partial charge in [-0.05, 0) is 18.2 Å². The molecule has 1 aromatic carbocycles. The molecule has 0 bridgehead atoms. The van der Waals surface area contributed by atoms with Gasteiger partial charge in [-0.3, -0.25) is 14.2 Å². The van der Waals surface area contributed by atoms with E-state index in [9.17, 15) is 9.59 Å². The minimum Gasteiger partial charge on any atom is -0.324 e. The van der Waals surface area contributed by atoms with Crippen LogP contribution in [0.15, 0.2) is 53.5 Å². The number of rotatable bonds is 3. The van der Waals surface area contributed by atoms with Gasteiger partial charge in [0.15, 0.2) is 0 Å². The van der Waals surface area contributed by atoms with E-state index < -0.39 is 0 Å². The SMILES string of the molecule is O=C(CCl)Nc1ccc(=O)n(-c2ccccc2)c1. The summed E-state index contributed by atoms with van der Waals surface area (Å²) in [7, 11) is 0. The Labute approximate surface area is 109 Å². The molecule has 0 spiro atoms. The number of halogens is 1. The molecule has 1 N–H and O–H groups in total. The zero-order valence-electron chi connectivity index (χ0n) is 9.47. The Balaban J connectivity index is 2.39. The molecule has 0 saturated carbocycles. The number of nitrogens with one attached hydrogen (secondary N) is 1. The highest BCUT2D eigenvalue weighted by atomic mass is 35.5. The Kier molecular flexibility index (Phi) is 3.79. The molecule has 4 nitrogen and oxygen atoms in total. The number of hydrogen-bond acceptors (Lipinski definition) is 2. The fraction of sp³-hybridized carbons (Fsp3) is 0.0769. The molecular weight excluding hydrogens is 252 g/mol. The number of aromatic nitrogens is 1. The fourth-order valence-electron chi connectivity index (χ4n) is 1.55. The number of hydrogen-bond donors (Lipinski definition) is 1. The van der Waals surface area contributed by atoms with E-state index in [1.165, 1.54) is 10.6 Å². The van der Waals surface area contributed by atoms with Gasteiger partial charge in [0, 0.05) is 18.0 Å². The van der Waals surface area contributed by atoms with E-state index in [-0.39, 0.29) is 17.3 Å². The van der Waals surface area contributed by atoms with Gasteiger partial charge in [0.25, 0.3) is 5.56 Å². The molecule has 92 valence electrons. The van der Waals surface area contributed by atoms with Crippen LogP contribution >= 0.6 is 11.6 Å². The average Bonchev–Trinajstić information content (AvgIpc) is 2.42. The molecule has 0 saturated heterocycles. The molecule has 1 heterocycles. The molecule has 2 aromatic rings. The number of benzene rings is 1. The second kappa shape index (κ2) is 5.51. The van der Waals surface area contributed by atoms with Crippen LogP contribution in [-0.4, -0.2) is 16.4 Å². The van der Waals surface area contributed by atoms with Gasteiger partial charge in [0.2, 0.25) is 5.91 Å². The van der Waals surface area contributed by atoms with E-state index in [2.05, 4.69) is 5.32 Å². The first-order chi connectivity index (χ1) is 8.70. The molecule has 5 heteroatoms. The van der Waals surface area contributed by atoms with Crippen molar-refractivity contribution in [2.45, 2.75) is 0 Å². The van der Waals surface area contributed by atoms with E-state index in [1.54, 1.807) is 12.3 Å². The summed E-state index contributed by atoms with van der Waals surface area (Å²) in [4.78, 5) is 22.9. The van der Waals surface area contributed by atoms with Crippen molar-refractivity contribution in [3.05, 3.63) is 59.0 Å². The molecule has 0 unspecified atom stereocenters. The molecule has 0 aliphatic heterocycles. The minimum atomic E-state index is -0.310. The third-order valence-electron chi connectivity index (χ3n) is 2.35. The summed E-state index contributed by atoms with van der Waals surface area (Å²) in [5.74, 6) is -0.431. The molecule has 18 heavy (non-hydrogen) atoms. The molecule has 0 radical (unpaired) electrons. The highest BCUT2D eigenvalue weighted by Crippen LogP contribution is 2.09. The summed E-state index contributed by atoms with van der Waals surface area (Å²) in [6.07, 6.45) is 1.57. The predicted octanol–water partition coefficient (Wildman–Crippen LogP) is 2.01. The topological polar surface area (TPSA) is 51.1 Å². The highest BCUT2D eigenvalue weighted by Gasteiger charge is 2.03. The van der Waals surface area contributed by atoms with Crippen LogP contribution in [0.3, 0.4) is 0 Å². The number of anilines is 1. The Morgan fingerprint density at radius 2 is 1.89 bits per heavy atom. The number of alkyl halides is 1. The normalized spacial score (nSPS) is 10.1. The summed E-state index contributed by atoms with van der Waals surface area (Å²) in [6, 6.07) is 12.1. The first-order valence-electron chi connectivity index (χ1n) is 5.34. The van der Waals surface area contributed by atoms with Gasteiger partial charge in [-0.25, -0.2) is 0 Å². The Morgan fingerprint density at radius 3 is 2.56 bits per heavy atom. The van der Waals surface area contributed by atoms with Gasteiger partial charge in [-0.2, -0.15) is 0 Å². The van der Waals surface area contributed by atoms with Crippen LogP contribution < -0.4 is 10.9 Å². The molecule has 2 rings (SSSR count). The van der Waals surface area contributed by atoms with Crippen LogP contribution in [0.5, 0.6) is 0 Å². The van der Waals surface area contributed by atoms with Crippen molar-refractivity contribution in [2.24, 2.45) is 0 Å². The summed E-state index contributed by atoms with van der Waals surface area (Å²) in [6.45, 7) is 0. The zero-order valence-corrected chi connectivity index (χ0v) is 10.2. The van der Waals surface area contributed by atoms with Gasteiger partial charge < -0.3 is 5.32 Å². The van der Waals surface area contributed by atoms with E-state index in [0.29, 0.717) is 5.69 Å². The van der Waals surface area contributed by atoms with E-state index in [0.717, 1.165) is 5.69 Å². The van der Waals surface area contributed by atoms with Gasteiger partial charge in [-0.15, -0.1) is 11.6 Å². The number of amides is 1. The molecular formula is C13H11ClN2O2. The quantitative estimate of drug-likeness (QED) is 0.861. The van der Waals surface area contributed by atoms with E-state index >= 15 is 0 Å². The van der Waals surface area contributed by atoms with Crippen molar-refractivity contribution in [2.75, 3.05) is 11.2 Å². The Bertz CT molecular complexity index is 608. The smallest absolute Gasteiger partial charge is 0.255 e. The second-order valence-corrected chi connectivity index (χ2v) is 3.91. The Hall–Kier alpha value is -2.07. The third kappa shape index (κ3) is 2.78. The zero-order chi connectivity index (χ0) is 13.0. The van der Waals surface area contributed by atoms with Gasteiger partial charge in [0.1, 0.15) is 5.88 Å². The van der Waals surface area contributed by atoms with Crippen LogP contribution in [0.4, 0.5) is 5.69 Å². The lowest BCUT2D eigenvalue weighted by molar-refractivity contribution is -0.113. The van der Waals surface area contributed by atoms with Crippen LogP contribution in [0.1, 0.15) is 0 Å². The van der Waals surface area contributed by atoms with Crippen molar-refractivity contribution in [3.8, 4) is 5.69 Å². The maximum atomic E-state index is 11.8. The molecule has 1 amide bonds. The van der Waals surface area contributed by atoms with Crippen LogP contribution in [0.25, 0.3) is 5.69 Å². The summed E-state index contributed by atoms with van der Waals surface area (Å²) < 4.78 is 1.46. The minimum absolute atomic E-state index is 0.121. The molecule has 0 atom stereocenters. The number of pyridine rings is 1. The molecule has 1 aromatic heterocycles. The largest absolute Gasteiger partial charge is 0.324 e.